The Hall–Kier alpha value is -0.760. The van der Waals surface area contributed by atoms with Crippen molar-refractivity contribution in [2.45, 2.75) is 33.6 Å². The second kappa shape index (κ2) is 7.54. The van der Waals surface area contributed by atoms with Gasteiger partial charge in [0.2, 0.25) is 0 Å². The molecular formula is C15H22OS. The SMILES string of the molecule is CCCc1ccc(C(=O)CSCC(C)C)cc1. The lowest BCUT2D eigenvalue weighted by Crippen LogP contribution is -2.04. The van der Waals surface area contributed by atoms with Crippen LogP contribution in [0, 0.1) is 5.92 Å². The Morgan fingerprint density at radius 1 is 1.24 bits per heavy atom. The Morgan fingerprint density at radius 3 is 2.41 bits per heavy atom. The fraction of sp³-hybridized carbons (Fsp3) is 0.533. The minimum atomic E-state index is 0.249. The average molecular weight is 250 g/mol. The molecule has 1 rings (SSSR count). The quantitative estimate of drug-likeness (QED) is 0.674. The van der Waals surface area contributed by atoms with Gasteiger partial charge in [0.1, 0.15) is 0 Å². The van der Waals surface area contributed by atoms with Gasteiger partial charge in [-0.2, -0.15) is 11.8 Å². The molecule has 0 fully saturated rings. The van der Waals surface area contributed by atoms with Crippen molar-refractivity contribution in [2.24, 2.45) is 5.92 Å². The number of thioether (sulfide) groups is 1. The molecule has 0 unspecified atom stereocenters. The average Bonchev–Trinajstić information content (AvgIpc) is 2.30. The molecule has 0 aromatic heterocycles. The van der Waals surface area contributed by atoms with E-state index in [-0.39, 0.29) is 5.78 Å². The molecule has 0 radical (unpaired) electrons. The number of hydrogen-bond acceptors (Lipinski definition) is 2. The largest absolute Gasteiger partial charge is 0.293 e. The highest BCUT2D eigenvalue weighted by atomic mass is 32.2. The van der Waals surface area contributed by atoms with E-state index in [1.807, 2.05) is 12.1 Å². The molecule has 94 valence electrons. The van der Waals surface area contributed by atoms with Crippen LogP contribution in [0.2, 0.25) is 0 Å². The molecule has 2 heteroatoms. The molecular weight excluding hydrogens is 228 g/mol. The van der Waals surface area contributed by atoms with E-state index in [4.69, 9.17) is 0 Å². The van der Waals surface area contributed by atoms with Crippen LogP contribution < -0.4 is 0 Å². The number of rotatable bonds is 7. The zero-order valence-electron chi connectivity index (χ0n) is 11.0. The van der Waals surface area contributed by atoms with Crippen molar-refractivity contribution in [1.29, 1.82) is 0 Å². The third kappa shape index (κ3) is 5.40. The highest BCUT2D eigenvalue weighted by molar-refractivity contribution is 7.99. The predicted molar refractivity (Wildman–Crippen MR) is 76.9 cm³/mol. The van der Waals surface area contributed by atoms with Gasteiger partial charge in [-0.05, 0) is 23.7 Å². The number of ketones is 1. The van der Waals surface area contributed by atoms with E-state index in [2.05, 4.69) is 32.9 Å². The van der Waals surface area contributed by atoms with Crippen molar-refractivity contribution in [3.8, 4) is 0 Å². The standard InChI is InChI=1S/C15H22OS/c1-4-5-13-6-8-14(9-7-13)15(16)11-17-10-12(2)3/h6-9,12H,4-5,10-11H2,1-3H3. The molecule has 0 amide bonds. The van der Waals surface area contributed by atoms with Crippen LogP contribution in [-0.4, -0.2) is 17.3 Å². The summed E-state index contributed by atoms with van der Waals surface area (Å²) >= 11 is 1.73. The molecule has 0 bridgehead atoms. The number of aryl methyl sites for hydroxylation is 1. The number of hydrogen-bond donors (Lipinski definition) is 0. The van der Waals surface area contributed by atoms with Crippen molar-refractivity contribution < 1.29 is 4.79 Å². The fourth-order valence-corrected chi connectivity index (χ4v) is 2.56. The van der Waals surface area contributed by atoms with E-state index in [9.17, 15) is 4.79 Å². The Morgan fingerprint density at radius 2 is 1.88 bits per heavy atom. The van der Waals surface area contributed by atoms with Gasteiger partial charge in [-0.25, -0.2) is 0 Å². The van der Waals surface area contributed by atoms with Gasteiger partial charge in [0.15, 0.2) is 5.78 Å². The topological polar surface area (TPSA) is 17.1 Å². The lowest BCUT2D eigenvalue weighted by molar-refractivity contribution is 0.102. The number of carbonyl (C=O) groups excluding carboxylic acids is 1. The maximum Gasteiger partial charge on any atom is 0.172 e. The van der Waals surface area contributed by atoms with E-state index >= 15 is 0 Å². The molecule has 0 aliphatic carbocycles. The Kier molecular flexibility index (Phi) is 6.35. The normalized spacial score (nSPS) is 10.8. The summed E-state index contributed by atoms with van der Waals surface area (Å²) in [5, 5.41) is 0. The van der Waals surface area contributed by atoms with Gasteiger partial charge >= 0.3 is 0 Å². The van der Waals surface area contributed by atoms with Crippen molar-refractivity contribution >= 4 is 17.5 Å². The summed E-state index contributed by atoms with van der Waals surface area (Å²) in [6, 6.07) is 8.07. The summed E-state index contributed by atoms with van der Waals surface area (Å²) in [6.45, 7) is 6.52. The van der Waals surface area contributed by atoms with Gasteiger partial charge in [0.25, 0.3) is 0 Å². The summed E-state index contributed by atoms with van der Waals surface area (Å²) in [7, 11) is 0. The zero-order valence-corrected chi connectivity index (χ0v) is 11.8. The minimum absolute atomic E-state index is 0.249. The van der Waals surface area contributed by atoms with E-state index in [0.29, 0.717) is 11.7 Å². The summed E-state index contributed by atoms with van der Waals surface area (Å²) in [5.41, 5.74) is 2.17. The minimum Gasteiger partial charge on any atom is -0.293 e. The molecule has 0 saturated carbocycles. The van der Waals surface area contributed by atoms with E-state index in [0.717, 1.165) is 24.2 Å². The number of Topliss-reactive ketones (excluding diaryl/α,β-unsaturated/α-hetero) is 1. The van der Waals surface area contributed by atoms with Crippen LogP contribution in [-0.2, 0) is 6.42 Å². The van der Waals surface area contributed by atoms with Gasteiger partial charge in [-0.3, -0.25) is 4.79 Å². The summed E-state index contributed by atoms with van der Waals surface area (Å²) in [5.74, 6) is 2.56. The van der Waals surface area contributed by atoms with Crippen LogP contribution in [0.3, 0.4) is 0 Å². The van der Waals surface area contributed by atoms with Crippen molar-refractivity contribution in [2.75, 3.05) is 11.5 Å². The van der Waals surface area contributed by atoms with Crippen molar-refractivity contribution in [1.82, 2.24) is 0 Å². The van der Waals surface area contributed by atoms with Crippen LogP contribution >= 0.6 is 11.8 Å². The Bertz CT molecular complexity index is 340. The van der Waals surface area contributed by atoms with Crippen LogP contribution in [0.4, 0.5) is 0 Å². The van der Waals surface area contributed by atoms with Gasteiger partial charge < -0.3 is 0 Å². The molecule has 1 nitrogen and oxygen atoms in total. The molecule has 0 aliphatic rings. The monoisotopic (exact) mass is 250 g/mol. The van der Waals surface area contributed by atoms with Gasteiger partial charge in [0.05, 0.1) is 5.75 Å². The molecule has 1 aromatic carbocycles. The molecule has 17 heavy (non-hydrogen) atoms. The highest BCUT2D eigenvalue weighted by Crippen LogP contribution is 2.12. The molecule has 0 heterocycles. The first-order chi connectivity index (χ1) is 8.13. The van der Waals surface area contributed by atoms with Crippen LogP contribution in [0.25, 0.3) is 0 Å². The fourth-order valence-electron chi connectivity index (χ4n) is 1.62. The molecule has 0 N–H and O–H groups in total. The first-order valence-electron chi connectivity index (χ1n) is 6.33. The lowest BCUT2D eigenvalue weighted by atomic mass is 10.1. The zero-order chi connectivity index (χ0) is 12.7. The first kappa shape index (κ1) is 14.3. The molecule has 0 aliphatic heterocycles. The first-order valence-corrected chi connectivity index (χ1v) is 7.48. The molecule has 1 aromatic rings. The van der Waals surface area contributed by atoms with Crippen molar-refractivity contribution in [3.05, 3.63) is 35.4 Å². The van der Waals surface area contributed by atoms with E-state index in [1.54, 1.807) is 11.8 Å². The predicted octanol–water partition coefficient (Wildman–Crippen LogP) is 4.21. The number of carbonyl (C=O) groups is 1. The summed E-state index contributed by atoms with van der Waals surface area (Å²) < 4.78 is 0. The van der Waals surface area contributed by atoms with Crippen LogP contribution in [0.5, 0.6) is 0 Å². The second-order valence-electron chi connectivity index (χ2n) is 4.78. The van der Waals surface area contributed by atoms with Gasteiger partial charge in [-0.15, -0.1) is 0 Å². The highest BCUT2D eigenvalue weighted by Gasteiger charge is 2.06. The van der Waals surface area contributed by atoms with Crippen LogP contribution in [0.15, 0.2) is 24.3 Å². The third-order valence-electron chi connectivity index (χ3n) is 2.50. The smallest absolute Gasteiger partial charge is 0.172 e. The van der Waals surface area contributed by atoms with Crippen LogP contribution in [0.1, 0.15) is 43.1 Å². The van der Waals surface area contributed by atoms with Gasteiger partial charge in [-0.1, -0.05) is 51.5 Å². The Balaban J connectivity index is 2.46. The number of benzene rings is 1. The summed E-state index contributed by atoms with van der Waals surface area (Å²) in [6.07, 6.45) is 2.24. The molecule has 0 spiro atoms. The van der Waals surface area contributed by atoms with E-state index < -0.39 is 0 Å². The van der Waals surface area contributed by atoms with E-state index in [1.165, 1.54) is 5.56 Å². The second-order valence-corrected chi connectivity index (χ2v) is 5.81. The summed E-state index contributed by atoms with van der Waals surface area (Å²) in [4.78, 5) is 11.9. The Labute approximate surface area is 109 Å². The molecule has 0 saturated heterocycles. The van der Waals surface area contributed by atoms with Gasteiger partial charge in [0, 0.05) is 5.56 Å². The lowest BCUT2D eigenvalue weighted by Gasteiger charge is -2.05. The molecule has 0 atom stereocenters. The maximum absolute atomic E-state index is 11.9. The maximum atomic E-state index is 11.9. The third-order valence-corrected chi connectivity index (χ3v) is 3.87. The van der Waals surface area contributed by atoms with Crippen molar-refractivity contribution in [3.63, 3.8) is 0 Å².